The SMILES string of the molecule is O=C(Nc1ccccc1I)OCCO. The average Bonchev–Trinajstić information content (AvgIpc) is 2.18. The number of hydrogen-bond donors (Lipinski definition) is 2. The standard InChI is InChI=1S/C9H10INO3/c10-7-3-1-2-4-8(7)11-9(13)14-6-5-12/h1-4,12H,5-6H2,(H,11,13). The van der Waals surface area contributed by atoms with Gasteiger partial charge in [0, 0.05) is 3.57 Å². The van der Waals surface area contributed by atoms with Crippen molar-refractivity contribution in [2.45, 2.75) is 0 Å². The summed E-state index contributed by atoms with van der Waals surface area (Å²) >= 11 is 2.11. The molecule has 4 nitrogen and oxygen atoms in total. The zero-order valence-corrected chi connectivity index (χ0v) is 9.52. The van der Waals surface area contributed by atoms with E-state index in [0.717, 1.165) is 3.57 Å². The minimum absolute atomic E-state index is 0.00917. The summed E-state index contributed by atoms with van der Waals surface area (Å²) in [5.41, 5.74) is 0.705. The number of aliphatic hydroxyl groups excluding tert-OH is 1. The van der Waals surface area contributed by atoms with Crippen LogP contribution in [0.25, 0.3) is 0 Å². The molecule has 0 aliphatic rings. The first-order chi connectivity index (χ1) is 6.74. The molecule has 0 heterocycles. The monoisotopic (exact) mass is 307 g/mol. The van der Waals surface area contributed by atoms with Crippen LogP contribution in [0.4, 0.5) is 10.5 Å². The number of amides is 1. The Bertz CT molecular complexity index is 317. The molecule has 0 unspecified atom stereocenters. The van der Waals surface area contributed by atoms with Crippen LogP contribution >= 0.6 is 22.6 Å². The van der Waals surface area contributed by atoms with Crippen LogP contribution in [0, 0.1) is 3.57 Å². The van der Waals surface area contributed by atoms with Crippen LogP contribution in [0.2, 0.25) is 0 Å². The van der Waals surface area contributed by atoms with Crippen molar-refractivity contribution < 1.29 is 14.6 Å². The Morgan fingerprint density at radius 3 is 2.86 bits per heavy atom. The Morgan fingerprint density at radius 1 is 1.50 bits per heavy atom. The minimum Gasteiger partial charge on any atom is -0.447 e. The first-order valence-electron chi connectivity index (χ1n) is 4.03. The molecule has 1 rings (SSSR count). The van der Waals surface area contributed by atoms with Gasteiger partial charge in [0.15, 0.2) is 0 Å². The van der Waals surface area contributed by atoms with E-state index in [1.54, 1.807) is 6.07 Å². The van der Waals surface area contributed by atoms with Gasteiger partial charge >= 0.3 is 6.09 Å². The van der Waals surface area contributed by atoms with E-state index < -0.39 is 6.09 Å². The number of carbonyl (C=O) groups excluding carboxylic acids is 1. The molecule has 0 saturated carbocycles. The summed E-state index contributed by atoms with van der Waals surface area (Å²) in [6.07, 6.45) is -0.553. The van der Waals surface area contributed by atoms with E-state index in [9.17, 15) is 4.79 Å². The maximum absolute atomic E-state index is 11.1. The molecule has 0 aliphatic carbocycles. The number of aliphatic hydroxyl groups is 1. The van der Waals surface area contributed by atoms with Crippen LogP contribution in [-0.2, 0) is 4.74 Å². The Kier molecular flexibility index (Phi) is 4.68. The summed E-state index contributed by atoms with van der Waals surface area (Å²) in [4.78, 5) is 11.1. The van der Waals surface area contributed by atoms with E-state index in [0.29, 0.717) is 5.69 Å². The molecule has 0 bridgehead atoms. The predicted octanol–water partition coefficient (Wildman–Crippen LogP) is 1.83. The van der Waals surface area contributed by atoms with Crippen molar-refractivity contribution in [1.82, 2.24) is 0 Å². The zero-order chi connectivity index (χ0) is 10.4. The number of halogens is 1. The number of ether oxygens (including phenoxy) is 1. The highest BCUT2D eigenvalue weighted by Gasteiger charge is 2.04. The van der Waals surface area contributed by atoms with Crippen molar-refractivity contribution in [3.63, 3.8) is 0 Å². The molecule has 0 fully saturated rings. The molecular weight excluding hydrogens is 297 g/mol. The summed E-state index contributed by atoms with van der Waals surface area (Å²) in [6.45, 7) is -0.158. The van der Waals surface area contributed by atoms with Gasteiger partial charge in [-0.3, -0.25) is 5.32 Å². The van der Waals surface area contributed by atoms with Crippen molar-refractivity contribution in [2.24, 2.45) is 0 Å². The molecular formula is C9H10INO3. The number of benzene rings is 1. The zero-order valence-electron chi connectivity index (χ0n) is 7.37. The van der Waals surface area contributed by atoms with Crippen LogP contribution in [-0.4, -0.2) is 24.4 Å². The molecule has 1 amide bonds. The number of para-hydroxylation sites is 1. The Balaban J connectivity index is 2.52. The molecule has 0 aromatic heterocycles. The molecule has 0 radical (unpaired) electrons. The fourth-order valence-electron chi connectivity index (χ4n) is 0.847. The van der Waals surface area contributed by atoms with Gasteiger partial charge in [-0.25, -0.2) is 4.79 Å². The molecule has 0 atom stereocenters. The Labute approximate surface area is 95.4 Å². The lowest BCUT2D eigenvalue weighted by Gasteiger charge is -2.06. The Hall–Kier alpha value is -0.820. The molecule has 0 aliphatic heterocycles. The lowest BCUT2D eigenvalue weighted by Crippen LogP contribution is -2.16. The van der Waals surface area contributed by atoms with Crippen molar-refractivity contribution in [1.29, 1.82) is 0 Å². The highest BCUT2D eigenvalue weighted by molar-refractivity contribution is 14.1. The van der Waals surface area contributed by atoms with Crippen molar-refractivity contribution in [2.75, 3.05) is 18.5 Å². The maximum atomic E-state index is 11.1. The molecule has 14 heavy (non-hydrogen) atoms. The van der Waals surface area contributed by atoms with Crippen LogP contribution in [0.15, 0.2) is 24.3 Å². The summed E-state index contributed by atoms with van der Waals surface area (Å²) in [5.74, 6) is 0. The summed E-state index contributed by atoms with van der Waals surface area (Å²) < 4.78 is 5.58. The molecule has 0 saturated heterocycles. The third-order valence-electron chi connectivity index (χ3n) is 1.44. The van der Waals surface area contributed by atoms with Crippen LogP contribution in [0.1, 0.15) is 0 Å². The number of rotatable bonds is 3. The van der Waals surface area contributed by atoms with Gasteiger partial charge in [0.2, 0.25) is 0 Å². The van der Waals surface area contributed by atoms with Gasteiger partial charge in [-0.2, -0.15) is 0 Å². The van der Waals surface area contributed by atoms with E-state index in [2.05, 4.69) is 32.6 Å². The topological polar surface area (TPSA) is 58.6 Å². The molecule has 0 spiro atoms. The van der Waals surface area contributed by atoms with Gasteiger partial charge < -0.3 is 9.84 Å². The number of carbonyl (C=O) groups is 1. The fraction of sp³-hybridized carbons (Fsp3) is 0.222. The highest BCUT2D eigenvalue weighted by atomic mass is 127. The minimum atomic E-state index is -0.553. The highest BCUT2D eigenvalue weighted by Crippen LogP contribution is 2.16. The van der Waals surface area contributed by atoms with E-state index >= 15 is 0 Å². The van der Waals surface area contributed by atoms with E-state index in [1.807, 2.05) is 18.2 Å². The molecule has 76 valence electrons. The second-order valence-corrected chi connectivity index (χ2v) is 3.63. The Morgan fingerprint density at radius 2 is 2.21 bits per heavy atom. The molecule has 1 aromatic rings. The number of hydrogen-bond acceptors (Lipinski definition) is 3. The van der Waals surface area contributed by atoms with E-state index in [4.69, 9.17) is 5.11 Å². The first-order valence-corrected chi connectivity index (χ1v) is 5.11. The van der Waals surface area contributed by atoms with Crippen LogP contribution in [0.5, 0.6) is 0 Å². The van der Waals surface area contributed by atoms with Gasteiger partial charge in [-0.05, 0) is 34.7 Å². The third kappa shape index (κ3) is 3.51. The second-order valence-electron chi connectivity index (χ2n) is 2.46. The second kappa shape index (κ2) is 5.82. The number of anilines is 1. The summed E-state index contributed by atoms with van der Waals surface area (Å²) in [7, 11) is 0. The third-order valence-corrected chi connectivity index (χ3v) is 2.38. The average molecular weight is 307 g/mol. The van der Waals surface area contributed by atoms with Crippen molar-refractivity contribution >= 4 is 34.4 Å². The summed E-state index contributed by atoms with van der Waals surface area (Å²) in [5, 5.41) is 11.0. The number of nitrogens with one attached hydrogen (secondary N) is 1. The molecule has 2 N–H and O–H groups in total. The van der Waals surface area contributed by atoms with E-state index in [1.165, 1.54) is 0 Å². The first kappa shape index (κ1) is 11.3. The van der Waals surface area contributed by atoms with Crippen molar-refractivity contribution in [3.05, 3.63) is 27.8 Å². The van der Waals surface area contributed by atoms with Gasteiger partial charge in [-0.15, -0.1) is 0 Å². The van der Waals surface area contributed by atoms with Gasteiger partial charge in [-0.1, -0.05) is 12.1 Å². The smallest absolute Gasteiger partial charge is 0.411 e. The normalized spacial score (nSPS) is 9.57. The van der Waals surface area contributed by atoms with Crippen LogP contribution < -0.4 is 5.32 Å². The van der Waals surface area contributed by atoms with Crippen molar-refractivity contribution in [3.8, 4) is 0 Å². The fourth-order valence-corrected chi connectivity index (χ4v) is 1.37. The maximum Gasteiger partial charge on any atom is 0.411 e. The predicted molar refractivity (Wildman–Crippen MR) is 61.2 cm³/mol. The largest absolute Gasteiger partial charge is 0.447 e. The van der Waals surface area contributed by atoms with Gasteiger partial charge in [0.05, 0.1) is 12.3 Å². The van der Waals surface area contributed by atoms with E-state index in [-0.39, 0.29) is 13.2 Å². The lowest BCUT2D eigenvalue weighted by molar-refractivity contribution is 0.131. The molecule has 5 heteroatoms. The van der Waals surface area contributed by atoms with Gasteiger partial charge in [0.1, 0.15) is 6.61 Å². The quantitative estimate of drug-likeness (QED) is 0.838. The molecule has 1 aromatic carbocycles. The van der Waals surface area contributed by atoms with Gasteiger partial charge in [0.25, 0.3) is 0 Å². The van der Waals surface area contributed by atoms with Crippen LogP contribution in [0.3, 0.4) is 0 Å². The summed E-state index contributed by atoms with van der Waals surface area (Å²) in [6, 6.07) is 7.36. The lowest BCUT2D eigenvalue weighted by atomic mass is 10.3.